The molecular formula is C8H9N3O3. The maximum atomic E-state index is 10.6. The zero-order chi connectivity index (χ0) is 9.97. The van der Waals surface area contributed by atoms with Crippen molar-refractivity contribution in [3.05, 3.63) is 28.4 Å². The fourth-order valence-corrected chi connectivity index (χ4v) is 1.12. The normalized spacial score (nSPS) is 16.0. The zero-order valence-corrected chi connectivity index (χ0v) is 7.34. The smallest absolute Gasteiger partial charge is 0.330 e. The SMILES string of the molecule is O=[N+]([O-])c1cccnc1OC1CNC1. The Kier molecular flexibility index (Phi) is 2.28. The van der Waals surface area contributed by atoms with E-state index in [1.807, 2.05) is 0 Å². The van der Waals surface area contributed by atoms with Gasteiger partial charge in [-0.15, -0.1) is 0 Å². The van der Waals surface area contributed by atoms with Crippen LogP contribution in [0.2, 0.25) is 0 Å². The van der Waals surface area contributed by atoms with Gasteiger partial charge in [0.25, 0.3) is 5.88 Å². The largest absolute Gasteiger partial charge is 0.467 e. The maximum Gasteiger partial charge on any atom is 0.330 e. The van der Waals surface area contributed by atoms with E-state index >= 15 is 0 Å². The van der Waals surface area contributed by atoms with Crippen LogP contribution in [0.25, 0.3) is 0 Å². The molecule has 0 spiro atoms. The number of hydrogen-bond acceptors (Lipinski definition) is 5. The third-order valence-electron chi connectivity index (χ3n) is 1.97. The van der Waals surface area contributed by atoms with Crippen molar-refractivity contribution in [2.24, 2.45) is 0 Å². The van der Waals surface area contributed by atoms with Crippen LogP contribution in [0.4, 0.5) is 5.69 Å². The number of pyridine rings is 1. The van der Waals surface area contributed by atoms with Gasteiger partial charge in [0.2, 0.25) is 0 Å². The summed E-state index contributed by atoms with van der Waals surface area (Å²) < 4.78 is 5.33. The second kappa shape index (κ2) is 3.59. The van der Waals surface area contributed by atoms with Gasteiger partial charge in [0.05, 0.1) is 4.92 Å². The van der Waals surface area contributed by atoms with Crippen LogP contribution in [0.5, 0.6) is 5.88 Å². The van der Waals surface area contributed by atoms with Gasteiger partial charge in [0, 0.05) is 25.4 Å². The van der Waals surface area contributed by atoms with Gasteiger partial charge in [-0.25, -0.2) is 4.98 Å². The second-order valence-electron chi connectivity index (χ2n) is 2.98. The lowest BCUT2D eigenvalue weighted by atomic mass is 10.2. The van der Waals surface area contributed by atoms with Crippen molar-refractivity contribution in [3.8, 4) is 5.88 Å². The lowest BCUT2D eigenvalue weighted by molar-refractivity contribution is -0.386. The van der Waals surface area contributed by atoms with Gasteiger partial charge in [-0.3, -0.25) is 10.1 Å². The molecule has 0 bridgehead atoms. The van der Waals surface area contributed by atoms with Crippen molar-refractivity contribution in [2.75, 3.05) is 13.1 Å². The molecule has 0 saturated carbocycles. The number of nitrogens with one attached hydrogen (secondary N) is 1. The molecule has 0 atom stereocenters. The van der Waals surface area contributed by atoms with E-state index in [1.165, 1.54) is 18.3 Å². The van der Waals surface area contributed by atoms with E-state index in [0.717, 1.165) is 0 Å². The molecule has 0 aliphatic carbocycles. The summed E-state index contributed by atoms with van der Waals surface area (Å²) in [7, 11) is 0. The topological polar surface area (TPSA) is 77.3 Å². The Balaban J connectivity index is 2.17. The predicted molar refractivity (Wildman–Crippen MR) is 48.2 cm³/mol. The summed E-state index contributed by atoms with van der Waals surface area (Å²) in [5, 5.41) is 13.6. The van der Waals surface area contributed by atoms with E-state index in [0.29, 0.717) is 13.1 Å². The molecule has 1 aromatic rings. The Morgan fingerprint density at radius 1 is 1.64 bits per heavy atom. The van der Waals surface area contributed by atoms with E-state index in [1.54, 1.807) is 0 Å². The van der Waals surface area contributed by atoms with Crippen LogP contribution in [-0.2, 0) is 0 Å². The average molecular weight is 195 g/mol. The van der Waals surface area contributed by atoms with Crippen molar-refractivity contribution >= 4 is 5.69 Å². The minimum absolute atomic E-state index is 0.00333. The first-order valence-corrected chi connectivity index (χ1v) is 4.24. The van der Waals surface area contributed by atoms with Crippen molar-refractivity contribution in [1.29, 1.82) is 0 Å². The first-order chi connectivity index (χ1) is 6.77. The Hall–Kier alpha value is -1.69. The van der Waals surface area contributed by atoms with Crippen LogP contribution in [0, 0.1) is 10.1 Å². The molecule has 0 aromatic carbocycles. The van der Waals surface area contributed by atoms with Crippen LogP contribution < -0.4 is 10.1 Å². The van der Waals surface area contributed by atoms with E-state index in [4.69, 9.17) is 4.74 Å². The standard InChI is InChI=1S/C8H9N3O3/c12-11(13)7-2-1-3-10-8(7)14-6-4-9-5-6/h1-3,6,9H,4-5H2. The Morgan fingerprint density at radius 3 is 3.00 bits per heavy atom. The summed E-state index contributed by atoms with van der Waals surface area (Å²) >= 11 is 0. The molecule has 0 unspecified atom stereocenters. The molecule has 1 aliphatic rings. The lowest BCUT2D eigenvalue weighted by Gasteiger charge is -2.26. The van der Waals surface area contributed by atoms with Gasteiger partial charge >= 0.3 is 5.69 Å². The number of aromatic nitrogens is 1. The number of hydrogen-bond donors (Lipinski definition) is 1. The highest BCUT2D eigenvalue weighted by Crippen LogP contribution is 2.24. The van der Waals surface area contributed by atoms with Crippen molar-refractivity contribution in [3.63, 3.8) is 0 Å². The number of ether oxygens (including phenoxy) is 1. The van der Waals surface area contributed by atoms with Crippen LogP contribution in [0.15, 0.2) is 18.3 Å². The first-order valence-electron chi connectivity index (χ1n) is 4.24. The van der Waals surface area contributed by atoms with Crippen LogP contribution >= 0.6 is 0 Å². The van der Waals surface area contributed by atoms with E-state index in [2.05, 4.69) is 10.3 Å². The summed E-state index contributed by atoms with van der Waals surface area (Å²) in [6, 6.07) is 2.90. The van der Waals surface area contributed by atoms with Gasteiger partial charge < -0.3 is 10.1 Å². The van der Waals surface area contributed by atoms with E-state index in [9.17, 15) is 10.1 Å². The van der Waals surface area contributed by atoms with Crippen LogP contribution in [-0.4, -0.2) is 29.1 Å². The molecular weight excluding hydrogens is 186 g/mol. The molecule has 1 saturated heterocycles. The highest BCUT2D eigenvalue weighted by atomic mass is 16.6. The molecule has 74 valence electrons. The zero-order valence-electron chi connectivity index (χ0n) is 7.34. The minimum Gasteiger partial charge on any atom is -0.467 e. The third kappa shape index (κ3) is 1.64. The summed E-state index contributed by atoms with van der Waals surface area (Å²) in [6.45, 7) is 1.43. The summed E-state index contributed by atoms with van der Waals surface area (Å²) in [5.41, 5.74) is -0.0839. The summed E-state index contributed by atoms with van der Waals surface area (Å²) in [6.07, 6.45) is 1.48. The molecule has 1 N–H and O–H groups in total. The van der Waals surface area contributed by atoms with Crippen LogP contribution in [0.1, 0.15) is 0 Å². The number of nitro groups is 1. The van der Waals surface area contributed by atoms with Gasteiger partial charge in [-0.05, 0) is 6.07 Å². The fourth-order valence-electron chi connectivity index (χ4n) is 1.12. The molecule has 14 heavy (non-hydrogen) atoms. The highest BCUT2D eigenvalue weighted by molar-refractivity contribution is 5.39. The number of nitrogens with zero attached hydrogens (tertiary/aromatic N) is 2. The third-order valence-corrected chi connectivity index (χ3v) is 1.97. The van der Waals surface area contributed by atoms with Gasteiger partial charge in [-0.2, -0.15) is 0 Å². The fraction of sp³-hybridized carbons (Fsp3) is 0.375. The van der Waals surface area contributed by atoms with E-state index in [-0.39, 0.29) is 17.7 Å². The first kappa shape index (κ1) is 8.89. The number of rotatable bonds is 3. The minimum atomic E-state index is -0.492. The van der Waals surface area contributed by atoms with Gasteiger partial charge in [0.1, 0.15) is 6.10 Å². The molecule has 2 heterocycles. The molecule has 1 fully saturated rings. The van der Waals surface area contributed by atoms with Crippen molar-refractivity contribution in [2.45, 2.75) is 6.10 Å². The Labute approximate surface area is 80.1 Å². The monoisotopic (exact) mass is 195 g/mol. The quantitative estimate of drug-likeness (QED) is 0.555. The average Bonchev–Trinajstić information content (AvgIpc) is 2.12. The second-order valence-corrected chi connectivity index (χ2v) is 2.98. The van der Waals surface area contributed by atoms with Crippen molar-refractivity contribution in [1.82, 2.24) is 10.3 Å². The molecule has 1 aromatic heterocycles. The maximum absolute atomic E-state index is 10.6. The summed E-state index contributed by atoms with van der Waals surface area (Å²) in [5.74, 6) is 0.101. The van der Waals surface area contributed by atoms with Gasteiger partial charge in [-0.1, -0.05) is 0 Å². The summed E-state index contributed by atoms with van der Waals surface area (Å²) in [4.78, 5) is 13.9. The molecule has 2 rings (SSSR count). The van der Waals surface area contributed by atoms with Crippen molar-refractivity contribution < 1.29 is 9.66 Å². The van der Waals surface area contributed by atoms with Gasteiger partial charge in [0.15, 0.2) is 0 Å². The van der Waals surface area contributed by atoms with Crippen LogP contribution in [0.3, 0.4) is 0 Å². The molecule has 0 amide bonds. The highest BCUT2D eigenvalue weighted by Gasteiger charge is 2.23. The molecule has 1 aliphatic heterocycles. The lowest BCUT2D eigenvalue weighted by Crippen LogP contribution is -2.50. The molecule has 6 heteroatoms. The van der Waals surface area contributed by atoms with E-state index < -0.39 is 4.92 Å². The Bertz CT molecular complexity index is 351. The predicted octanol–water partition coefficient (Wildman–Crippen LogP) is 0.340. The molecule has 0 radical (unpaired) electrons. The molecule has 6 nitrogen and oxygen atoms in total. The Morgan fingerprint density at radius 2 is 2.43 bits per heavy atom.